The summed E-state index contributed by atoms with van der Waals surface area (Å²) in [6, 6.07) is 8.36. The molecule has 7 nitrogen and oxygen atoms in total. The number of primary sulfonamides is 1. The van der Waals surface area contributed by atoms with Gasteiger partial charge in [-0.3, -0.25) is 9.59 Å². The average molecular weight is 437 g/mol. The number of anilines is 1. The van der Waals surface area contributed by atoms with Gasteiger partial charge in [0.05, 0.1) is 22.5 Å². The zero-order chi connectivity index (χ0) is 22.2. The Bertz CT molecular complexity index is 1110. The third kappa shape index (κ3) is 4.34. The van der Waals surface area contributed by atoms with Crippen molar-refractivity contribution in [1.29, 1.82) is 0 Å². The molecule has 0 bridgehead atoms. The van der Waals surface area contributed by atoms with Crippen LogP contribution in [0.2, 0.25) is 0 Å². The highest BCUT2D eigenvalue weighted by Gasteiger charge is 2.38. The molecule has 2 aromatic carbocycles. The minimum atomic E-state index is -3.89. The van der Waals surface area contributed by atoms with Crippen LogP contribution < -0.4 is 10.0 Å². The number of hydrogen-bond acceptors (Lipinski definition) is 4. The van der Waals surface area contributed by atoms with Gasteiger partial charge in [-0.1, -0.05) is 12.1 Å². The zero-order valence-corrected chi connectivity index (χ0v) is 17.2. The maximum absolute atomic E-state index is 14.1. The van der Waals surface area contributed by atoms with Crippen molar-refractivity contribution in [3.8, 4) is 0 Å². The SMILES string of the molecule is CC(c1cccc(S(N)(=O)=O)c1)N(C)C(=O)C1CC(=O)N(c2ccc(F)cc2F)C1. The lowest BCUT2D eigenvalue weighted by molar-refractivity contribution is -0.136. The number of halogens is 2. The second-order valence-corrected chi connectivity index (χ2v) is 8.81. The Morgan fingerprint density at radius 3 is 2.57 bits per heavy atom. The van der Waals surface area contributed by atoms with E-state index in [1.165, 1.54) is 29.2 Å². The van der Waals surface area contributed by atoms with Gasteiger partial charge in [0.15, 0.2) is 0 Å². The molecule has 0 aliphatic carbocycles. The smallest absolute Gasteiger partial charge is 0.238 e. The molecule has 10 heteroatoms. The van der Waals surface area contributed by atoms with E-state index in [0.717, 1.165) is 11.0 Å². The number of rotatable bonds is 5. The van der Waals surface area contributed by atoms with Crippen LogP contribution in [0.1, 0.15) is 24.9 Å². The van der Waals surface area contributed by atoms with Crippen LogP contribution in [-0.4, -0.2) is 38.7 Å². The van der Waals surface area contributed by atoms with E-state index in [2.05, 4.69) is 0 Å². The first-order valence-corrected chi connectivity index (χ1v) is 10.7. The van der Waals surface area contributed by atoms with E-state index in [1.54, 1.807) is 20.0 Å². The van der Waals surface area contributed by atoms with Crippen LogP contribution >= 0.6 is 0 Å². The maximum atomic E-state index is 14.1. The Morgan fingerprint density at radius 2 is 1.93 bits per heavy atom. The van der Waals surface area contributed by atoms with E-state index in [9.17, 15) is 26.8 Å². The molecule has 2 amide bonds. The molecule has 1 aliphatic heterocycles. The van der Waals surface area contributed by atoms with Crippen molar-refractivity contribution in [3.63, 3.8) is 0 Å². The van der Waals surface area contributed by atoms with Crippen molar-refractivity contribution in [3.05, 3.63) is 59.7 Å². The fourth-order valence-corrected chi connectivity index (χ4v) is 4.03. The summed E-state index contributed by atoms with van der Waals surface area (Å²) >= 11 is 0. The van der Waals surface area contributed by atoms with Gasteiger partial charge in [-0.2, -0.15) is 0 Å². The lowest BCUT2D eigenvalue weighted by Gasteiger charge is -2.28. The highest BCUT2D eigenvalue weighted by atomic mass is 32.2. The van der Waals surface area contributed by atoms with Crippen molar-refractivity contribution < 1.29 is 26.8 Å². The monoisotopic (exact) mass is 437 g/mol. The Kier molecular flexibility index (Phi) is 5.91. The molecular weight excluding hydrogens is 416 g/mol. The molecule has 2 unspecified atom stereocenters. The molecule has 1 heterocycles. The Labute approximate surface area is 173 Å². The third-order valence-corrected chi connectivity index (χ3v) is 6.18. The lowest BCUT2D eigenvalue weighted by Crippen LogP contribution is -2.36. The standard InChI is InChI=1S/C20H21F2N3O4S/c1-12(13-4-3-5-16(8-13)30(23,28)29)24(2)20(27)14-9-19(26)25(11-14)18-7-6-15(21)10-17(18)22/h3-8,10,12,14H,9,11H2,1-2H3,(H2,23,28,29). The summed E-state index contributed by atoms with van der Waals surface area (Å²) in [5.74, 6) is -3.13. The topological polar surface area (TPSA) is 101 Å². The number of carbonyl (C=O) groups is 2. The van der Waals surface area contributed by atoms with Gasteiger partial charge in [-0.15, -0.1) is 0 Å². The van der Waals surface area contributed by atoms with Gasteiger partial charge in [0.25, 0.3) is 0 Å². The van der Waals surface area contributed by atoms with Crippen molar-refractivity contribution in [2.75, 3.05) is 18.5 Å². The summed E-state index contributed by atoms with van der Waals surface area (Å²) in [5.41, 5.74) is 0.483. The van der Waals surface area contributed by atoms with Crippen molar-refractivity contribution >= 4 is 27.5 Å². The lowest BCUT2D eigenvalue weighted by atomic mass is 10.0. The normalized spacial score (nSPS) is 17.8. The first kappa shape index (κ1) is 21.8. The van der Waals surface area contributed by atoms with Gasteiger partial charge in [-0.25, -0.2) is 22.3 Å². The van der Waals surface area contributed by atoms with Gasteiger partial charge in [0, 0.05) is 26.1 Å². The molecule has 160 valence electrons. The number of nitrogens with zero attached hydrogens (tertiary/aromatic N) is 2. The van der Waals surface area contributed by atoms with E-state index in [-0.39, 0.29) is 29.5 Å². The van der Waals surface area contributed by atoms with Gasteiger partial charge in [0.2, 0.25) is 21.8 Å². The van der Waals surface area contributed by atoms with Crippen LogP contribution in [-0.2, 0) is 19.6 Å². The van der Waals surface area contributed by atoms with Crippen molar-refractivity contribution in [2.45, 2.75) is 24.3 Å². The zero-order valence-electron chi connectivity index (χ0n) is 16.4. The predicted molar refractivity (Wildman–Crippen MR) is 106 cm³/mol. The van der Waals surface area contributed by atoms with Gasteiger partial charge in [-0.05, 0) is 36.8 Å². The molecule has 1 saturated heterocycles. The van der Waals surface area contributed by atoms with Crippen LogP contribution in [0.5, 0.6) is 0 Å². The fraction of sp³-hybridized carbons (Fsp3) is 0.300. The number of amides is 2. The van der Waals surface area contributed by atoms with E-state index in [0.29, 0.717) is 11.6 Å². The highest BCUT2D eigenvalue weighted by molar-refractivity contribution is 7.89. The van der Waals surface area contributed by atoms with Crippen LogP contribution in [0.15, 0.2) is 47.4 Å². The van der Waals surface area contributed by atoms with Gasteiger partial charge < -0.3 is 9.80 Å². The number of nitrogens with two attached hydrogens (primary N) is 1. The minimum absolute atomic E-state index is 0.0332. The summed E-state index contributed by atoms with van der Waals surface area (Å²) < 4.78 is 50.4. The summed E-state index contributed by atoms with van der Waals surface area (Å²) in [6.07, 6.45) is -0.107. The molecule has 1 aliphatic rings. The summed E-state index contributed by atoms with van der Waals surface area (Å²) in [5, 5.41) is 5.16. The molecular formula is C20H21F2N3O4S. The molecule has 1 fully saturated rings. The number of hydrogen-bond donors (Lipinski definition) is 1. The maximum Gasteiger partial charge on any atom is 0.238 e. The fourth-order valence-electron chi connectivity index (χ4n) is 3.46. The van der Waals surface area contributed by atoms with Crippen molar-refractivity contribution in [1.82, 2.24) is 4.90 Å². The molecule has 2 aromatic rings. The van der Waals surface area contributed by atoms with Gasteiger partial charge >= 0.3 is 0 Å². The molecule has 2 N–H and O–H groups in total. The molecule has 0 spiro atoms. The second-order valence-electron chi connectivity index (χ2n) is 7.24. The molecule has 0 saturated carbocycles. The van der Waals surface area contributed by atoms with Crippen LogP contribution in [0.4, 0.5) is 14.5 Å². The quantitative estimate of drug-likeness (QED) is 0.775. The molecule has 0 aromatic heterocycles. The average Bonchev–Trinajstić information content (AvgIpc) is 3.07. The summed E-state index contributed by atoms with van der Waals surface area (Å²) in [6.45, 7) is 1.68. The Morgan fingerprint density at radius 1 is 1.23 bits per heavy atom. The van der Waals surface area contributed by atoms with E-state index >= 15 is 0 Å². The molecule has 2 atom stereocenters. The van der Waals surface area contributed by atoms with E-state index < -0.39 is 39.5 Å². The van der Waals surface area contributed by atoms with Crippen LogP contribution in [0.25, 0.3) is 0 Å². The number of benzene rings is 2. The highest BCUT2D eigenvalue weighted by Crippen LogP contribution is 2.30. The van der Waals surface area contributed by atoms with Crippen molar-refractivity contribution in [2.24, 2.45) is 11.1 Å². The van der Waals surface area contributed by atoms with E-state index in [1.807, 2.05) is 0 Å². The second kappa shape index (κ2) is 8.11. The molecule has 0 radical (unpaired) electrons. The van der Waals surface area contributed by atoms with E-state index in [4.69, 9.17) is 5.14 Å². The molecule has 3 rings (SSSR count). The predicted octanol–water partition coefficient (Wildman–Crippen LogP) is 2.18. The van der Waals surface area contributed by atoms with Crippen LogP contribution in [0, 0.1) is 17.6 Å². The molecule has 30 heavy (non-hydrogen) atoms. The van der Waals surface area contributed by atoms with Crippen LogP contribution in [0.3, 0.4) is 0 Å². The Balaban J connectivity index is 1.77. The summed E-state index contributed by atoms with van der Waals surface area (Å²) in [7, 11) is -2.35. The first-order chi connectivity index (χ1) is 14.0. The summed E-state index contributed by atoms with van der Waals surface area (Å²) in [4.78, 5) is 27.8. The number of sulfonamides is 1. The van der Waals surface area contributed by atoms with Gasteiger partial charge in [0.1, 0.15) is 11.6 Å². The minimum Gasteiger partial charge on any atom is -0.339 e. The largest absolute Gasteiger partial charge is 0.339 e. The first-order valence-electron chi connectivity index (χ1n) is 9.14. The Hall–Kier alpha value is -2.85. The number of carbonyl (C=O) groups excluding carboxylic acids is 2. The third-order valence-electron chi connectivity index (χ3n) is 5.27.